The van der Waals surface area contributed by atoms with Crippen LogP contribution >= 0.6 is 0 Å². The van der Waals surface area contributed by atoms with E-state index in [0.29, 0.717) is 13.2 Å². The number of aliphatic hydroxyl groups is 1. The molecule has 4 heteroatoms. The minimum absolute atomic E-state index is 0.0685. The number of aliphatic hydroxyl groups excluding tert-OH is 1. The monoisotopic (exact) mass is 280 g/mol. The fourth-order valence-electron chi connectivity index (χ4n) is 4.64. The molecule has 2 bridgehead atoms. The van der Waals surface area contributed by atoms with Gasteiger partial charge in [-0.1, -0.05) is 31.2 Å². The molecule has 3 aliphatic rings. The van der Waals surface area contributed by atoms with Crippen molar-refractivity contribution in [1.82, 2.24) is 0 Å². The van der Waals surface area contributed by atoms with Crippen molar-refractivity contribution in [1.29, 1.82) is 0 Å². The van der Waals surface area contributed by atoms with Crippen LogP contribution in [-0.4, -0.2) is 50.3 Å². The van der Waals surface area contributed by atoms with E-state index in [4.69, 9.17) is 14.2 Å². The Balaban J connectivity index is 2.22. The van der Waals surface area contributed by atoms with E-state index >= 15 is 0 Å². The number of hydrogen-bond donors (Lipinski definition) is 1. The molecule has 6 atom stereocenters. The molecule has 0 unspecified atom stereocenters. The van der Waals surface area contributed by atoms with Crippen LogP contribution in [0.3, 0.4) is 0 Å². The van der Waals surface area contributed by atoms with E-state index in [1.807, 2.05) is 6.92 Å². The van der Waals surface area contributed by atoms with Crippen LogP contribution in [0.5, 0.6) is 0 Å². The first-order valence-corrected chi connectivity index (χ1v) is 7.20. The summed E-state index contributed by atoms with van der Waals surface area (Å²) in [6.45, 7) is 5.05. The smallest absolute Gasteiger partial charge is 0.0957 e. The summed E-state index contributed by atoms with van der Waals surface area (Å²) in [5, 5.41) is 11.0. The molecular formula is C16H24O4. The number of methoxy groups -OCH3 is 2. The van der Waals surface area contributed by atoms with Gasteiger partial charge in [0.15, 0.2) is 0 Å². The minimum atomic E-state index is -0.525. The van der Waals surface area contributed by atoms with Crippen molar-refractivity contribution in [2.45, 2.75) is 31.7 Å². The molecule has 0 aromatic carbocycles. The van der Waals surface area contributed by atoms with Crippen molar-refractivity contribution < 1.29 is 19.3 Å². The van der Waals surface area contributed by atoms with Crippen LogP contribution in [0, 0.1) is 16.7 Å². The average molecular weight is 280 g/mol. The Hall–Kier alpha value is -0.680. The van der Waals surface area contributed by atoms with Crippen molar-refractivity contribution in [3.05, 3.63) is 24.3 Å². The Bertz CT molecular complexity index is 459. The van der Waals surface area contributed by atoms with Gasteiger partial charge in [-0.25, -0.2) is 0 Å². The summed E-state index contributed by atoms with van der Waals surface area (Å²) in [6.07, 6.45) is 7.86. The predicted molar refractivity (Wildman–Crippen MR) is 75.3 cm³/mol. The van der Waals surface area contributed by atoms with Gasteiger partial charge in [-0.05, 0) is 6.92 Å². The first-order chi connectivity index (χ1) is 9.47. The highest BCUT2D eigenvalue weighted by molar-refractivity contribution is 5.39. The summed E-state index contributed by atoms with van der Waals surface area (Å²) >= 11 is 0. The zero-order valence-electron chi connectivity index (χ0n) is 12.6. The summed E-state index contributed by atoms with van der Waals surface area (Å²) in [5.41, 5.74) is -1.41. The fourth-order valence-corrected chi connectivity index (χ4v) is 4.64. The van der Waals surface area contributed by atoms with Crippen molar-refractivity contribution in [3.63, 3.8) is 0 Å². The van der Waals surface area contributed by atoms with E-state index in [1.165, 1.54) is 0 Å². The molecule has 2 heterocycles. The normalized spacial score (nSPS) is 52.5. The largest absolute Gasteiger partial charge is 0.392 e. The Kier molecular flexibility index (Phi) is 3.14. The lowest BCUT2D eigenvalue weighted by Gasteiger charge is -2.56. The van der Waals surface area contributed by atoms with Crippen LogP contribution in [0.1, 0.15) is 13.8 Å². The van der Waals surface area contributed by atoms with Crippen molar-refractivity contribution in [2.75, 3.05) is 27.4 Å². The second-order valence-electron chi connectivity index (χ2n) is 6.55. The molecule has 0 aromatic rings. The predicted octanol–water partition coefficient (Wildman–Crippen LogP) is 1.55. The van der Waals surface area contributed by atoms with Crippen molar-refractivity contribution in [2.24, 2.45) is 16.7 Å². The highest BCUT2D eigenvalue weighted by Crippen LogP contribution is 2.67. The highest BCUT2D eigenvalue weighted by atomic mass is 16.5. The zero-order valence-corrected chi connectivity index (χ0v) is 12.6. The van der Waals surface area contributed by atoms with Crippen LogP contribution in [0.2, 0.25) is 0 Å². The molecule has 1 fully saturated rings. The molecule has 3 rings (SSSR count). The third-order valence-corrected chi connectivity index (χ3v) is 5.64. The number of rotatable bonds is 4. The molecule has 112 valence electrons. The molecule has 1 N–H and O–H groups in total. The standard InChI is InChI=1S/C16H24O4/c1-11-5-8-15(9-18-3)12-6-7-14(2,20-12)16(15,10-19-4)13(11)17/h5-8,11-13,17H,9-10H2,1-4H3/t11-,12-,13-,14+,15+,16+/m1/s1. The molecule has 0 spiro atoms. The van der Waals surface area contributed by atoms with Gasteiger partial charge in [0.2, 0.25) is 0 Å². The molecule has 1 aliphatic carbocycles. The summed E-state index contributed by atoms with van der Waals surface area (Å²) in [6, 6.07) is 0. The van der Waals surface area contributed by atoms with E-state index < -0.39 is 17.1 Å². The SMILES string of the molecule is COC[C@@]12[C@H](O)[C@H](C)C=C[C@]1(COC)[C@H]1C=C[C@]2(C)O1. The quantitative estimate of drug-likeness (QED) is 0.794. The first-order valence-electron chi connectivity index (χ1n) is 7.20. The molecule has 0 saturated carbocycles. The summed E-state index contributed by atoms with van der Waals surface area (Å²) in [5.74, 6) is 0.0725. The maximum atomic E-state index is 11.0. The summed E-state index contributed by atoms with van der Waals surface area (Å²) in [4.78, 5) is 0. The number of ether oxygens (including phenoxy) is 3. The van der Waals surface area contributed by atoms with E-state index in [9.17, 15) is 5.11 Å². The molecule has 1 saturated heterocycles. The van der Waals surface area contributed by atoms with Crippen LogP contribution in [0.4, 0.5) is 0 Å². The molecule has 0 radical (unpaired) electrons. The highest BCUT2D eigenvalue weighted by Gasteiger charge is 2.75. The first kappa shape index (κ1) is 14.3. The lowest BCUT2D eigenvalue weighted by atomic mass is 9.48. The van der Waals surface area contributed by atoms with Gasteiger partial charge in [-0.2, -0.15) is 0 Å². The molecule has 4 nitrogen and oxygen atoms in total. The van der Waals surface area contributed by atoms with Crippen molar-refractivity contribution in [3.8, 4) is 0 Å². The molecule has 20 heavy (non-hydrogen) atoms. The number of fused-ring (bicyclic) bond motifs is 5. The zero-order chi connectivity index (χ0) is 14.6. The van der Waals surface area contributed by atoms with Gasteiger partial charge < -0.3 is 19.3 Å². The third-order valence-electron chi connectivity index (χ3n) is 5.64. The van der Waals surface area contributed by atoms with Crippen molar-refractivity contribution >= 4 is 0 Å². The summed E-state index contributed by atoms with van der Waals surface area (Å²) in [7, 11) is 3.38. The van der Waals surface area contributed by atoms with Crippen LogP contribution in [0.25, 0.3) is 0 Å². The van der Waals surface area contributed by atoms with Gasteiger partial charge in [0, 0.05) is 20.1 Å². The molecular weight excluding hydrogens is 256 g/mol. The Labute approximate surface area is 120 Å². The Morgan fingerprint density at radius 3 is 2.50 bits per heavy atom. The van der Waals surface area contributed by atoms with Crippen LogP contribution < -0.4 is 0 Å². The summed E-state index contributed by atoms with van der Waals surface area (Å²) < 4.78 is 17.3. The molecule has 0 aromatic heterocycles. The van der Waals surface area contributed by atoms with Gasteiger partial charge in [-0.3, -0.25) is 0 Å². The number of hydrogen-bond acceptors (Lipinski definition) is 4. The third kappa shape index (κ3) is 1.36. The maximum absolute atomic E-state index is 11.0. The minimum Gasteiger partial charge on any atom is -0.392 e. The Morgan fingerprint density at radius 1 is 1.15 bits per heavy atom. The van der Waals surface area contributed by atoms with E-state index in [-0.39, 0.29) is 17.4 Å². The Morgan fingerprint density at radius 2 is 1.85 bits per heavy atom. The molecule has 2 aliphatic heterocycles. The lowest BCUT2D eigenvalue weighted by molar-refractivity contribution is -0.158. The van der Waals surface area contributed by atoms with E-state index in [1.54, 1.807) is 14.2 Å². The van der Waals surface area contributed by atoms with Gasteiger partial charge in [0.05, 0.1) is 41.9 Å². The van der Waals surface area contributed by atoms with E-state index in [0.717, 1.165) is 0 Å². The van der Waals surface area contributed by atoms with Gasteiger partial charge in [0.1, 0.15) is 0 Å². The van der Waals surface area contributed by atoms with Crippen LogP contribution in [0.15, 0.2) is 24.3 Å². The second-order valence-corrected chi connectivity index (χ2v) is 6.55. The van der Waals surface area contributed by atoms with Gasteiger partial charge in [0.25, 0.3) is 0 Å². The lowest BCUT2D eigenvalue weighted by Crippen LogP contribution is -2.65. The molecule has 0 amide bonds. The topological polar surface area (TPSA) is 47.9 Å². The fraction of sp³-hybridized carbons (Fsp3) is 0.750. The van der Waals surface area contributed by atoms with Crippen LogP contribution in [-0.2, 0) is 14.2 Å². The van der Waals surface area contributed by atoms with Gasteiger partial charge in [-0.15, -0.1) is 0 Å². The average Bonchev–Trinajstić information content (AvgIpc) is 2.90. The maximum Gasteiger partial charge on any atom is 0.0957 e. The van der Waals surface area contributed by atoms with Gasteiger partial charge >= 0.3 is 0 Å². The van der Waals surface area contributed by atoms with E-state index in [2.05, 4.69) is 31.2 Å². The second kappa shape index (κ2) is 4.41.